The molecule has 2 N–H and O–H groups in total. The van der Waals surface area contributed by atoms with Gasteiger partial charge in [0.05, 0.1) is 32.1 Å². The Kier molecular flexibility index (Phi) is 10.7. The van der Waals surface area contributed by atoms with Crippen LogP contribution in [0.15, 0.2) is 47.6 Å². The molecule has 0 aliphatic heterocycles. The van der Waals surface area contributed by atoms with Gasteiger partial charge < -0.3 is 24.3 Å². The first-order valence-electron chi connectivity index (χ1n) is 12.7. The normalized spacial score (nSPS) is 11.6. The zero-order valence-electron chi connectivity index (χ0n) is 23.3. The Morgan fingerprint density at radius 1 is 1.02 bits per heavy atom. The minimum Gasteiger partial charge on any atom is -0.493 e. The molecule has 0 saturated heterocycles. The van der Waals surface area contributed by atoms with Crippen molar-refractivity contribution < 1.29 is 33.3 Å². The smallest absolute Gasteiger partial charge is 0.341 e. The standard InChI is InChI=1S/C29H33N3O7S/c1-7-37-23-14-9-20(15-24(23)36-6)16-30-32-26(33)18(4)39-22-12-10-21(11-13-22)27(34)31-28-25(29(35)38-8-2)17(3)19(5)40-28/h9-16,18H,7-8H2,1-6H3,(H,31,34)(H,32,33)/b30-16-/t18-/m1/s1. The second kappa shape index (κ2) is 14.1. The summed E-state index contributed by atoms with van der Waals surface area (Å²) in [6.45, 7) is 9.65. The third-order valence-electron chi connectivity index (χ3n) is 5.77. The first-order valence-corrected chi connectivity index (χ1v) is 13.5. The minimum absolute atomic E-state index is 0.239. The summed E-state index contributed by atoms with van der Waals surface area (Å²) in [5, 5.41) is 7.23. The first kappa shape index (κ1) is 30.2. The zero-order valence-corrected chi connectivity index (χ0v) is 24.1. The maximum Gasteiger partial charge on any atom is 0.341 e. The van der Waals surface area contributed by atoms with Crippen molar-refractivity contribution in [2.75, 3.05) is 25.6 Å². The maximum absolute atomic E-state index is 12.8. The molecule has 40 heavy (non-hydrogen) atoms. The lowest BCUT2D eigenvalue weighted by Crippen LogP contribution is -2.33. The number of benzene rings is 2. The van der Waals surface area contributed by atoms with E-state index in [1.54, 1.807) is 63.4 Å². The molecular formula is C29H33N3O7S. The van der Waals surface area contributed by atoms with E-state index in [0.717, 1.165) is 10.4 Å². The van der Waals surface area contributed by atoms with E-state index < -0.39 is 18.0 Å². The van der Waals surface area contributed by atoms with Crippen molar-refractivity contribution in [1.29, 1.82) is 0 Å². The summed E-state index contributed by atoms with van der Waals surface area (Å²) < 4.78 is 21.6. The number of hydrogen-bond donors (Lipinski definition) is 2. The molecule has 0 unspecified atom stereocenters. The predicted octanol–water partition coefficient (Wildman–Crippen LogP) is 5.12. The molecule has 3 aromatic rings. The molecule has 0 aliphatic carbocycles. The van der Waals surface area contributed by atoms with Crippen molar-refractivity contribution in [3.05, 3.63) is 69.6 Å². The van der Waals surface area contributed by atoms with Gasteiger partial charge in [0.15, 0.2) is 17.6 Å². The fourth-order valence-electron chi connectivity index (χ4n) is 3.58. The number of hydrogen-bond acceptors (Lipinski definition) is 9. The van der Waals surface area contributed by atoms with Crippen LogP contribution in [-0.4, -0.2) is 50.4 Å². The molecule has 0 bridgehead atoms. The third kappa shape index (κ3) is 7.60. The quantitative estimate of drug-likeness (QED) is 0.177. The Hall–Kier alpha value is -4.38. The second-order valence-electron chi connectivity index (χ2n) is 8.52. The molecule has 0 radical (unpaired) electrons. The van der Waals surface area contributed by atoms with Gasteiger partial charge in [0, 0.05) is 10.4 Å². The average molecular weight is 568 g/mol. The van der Waals surface area contributed by atoms with E-state index in [1.807, 2.05) is 20.8 Å². The molecule has 2 amide bonds. The zero-order chi connectivity index (χ0) is 29.2. The summed E-state index contributed by atoms with van der Waals surface area (Å²) in [4.78, 5) is 38.6. The Morgan fingerprint density at radius 2 is 1.75 bits per heavy atom. The van der Waals surface area contributed by atoms with Gasteiger partial charge in [-0.3, -0.25) is 9.59 Å². The maximum atomic E-state index is 12.8. The number of nitrogens with zero attached hydrogens (tertiary/aromatic N) is 1. The lowest BCUT2D eigenvalue weighted by molar-refractivity contribution is -0.127. The number of carbonyl (C=O) groups is 3. The highest BCUT2D eigenvalue weighted by Crippen LogP contribution is 2.33. The van der Waals surface area contributed by atoms with Gasteiger partial charge in [0.2, 0.25) is 0 Å². The number of rotatable bonds is 12. The molecule has 0 spiro atoms. The van der Waals surface area contributed by atoms with Crippen LogP contribution in [0.3, 0.4) is 0 Å². The number of hydrazone groups is 1. The van der Waals surface area contributed by atoms with Crippen LogP contribution in [-0.2, 0) is 9.53 Å². The molecule has 0 aliphatic rings. The van der Waals surface area contributed by atoms with Crippen LogP contribution in [0, 0.1) is 13.8 Å². The fourth-order valence-corrected chi connectivity index (χ4v) is 4.63. The molecule has 10 nitrogen and oxygen atoms in total. The molecular weight excluding hydrogens is 534 g/mol. The summed E-state index contributed by atoms with van der Waals surface area (Å²) in [5.41, 5.74) is 4.66. The number of methoxy groups -OCH3 is 1. The van der Waals surface area contributed by atoms with E-state index in [9.17, 15) is 14.4 Å². The van der Waals surface area contributed by atoms with Gasteiger partial charge in [0.25, 0.3) is 11.8 Å². The van der Waals surface area contributed by atoms with E-state index in [0.29, 0.717) is 45.5 Å². The Morgan fingerprint density at radius 3 is 2.40 bits per heavy atom. The average Bonchev–Trinajstić information content (AvgIpc) is 3.22. The Bertz CT molecular complexity index is 1380. The van der Waals surface area contributed by atoms with E-state index in [1.165, 1.54) is 17.6 Å². The molecule has 3 rings (SSSR count). The van der Waals surface area contributed by atoms with Gasteiger partial charge in [-0.1, -0.05) is 0 Å². The molecule has 212 valence electrons. The fraction of sp³-hybridized carbons (Fsp3) is 0.310. The van der Waals surface area contributed by atoms with E-state index in [-0.39, 0.29) is 12.5 Å². The Labute approximate surface area is 237 Å². The number of ether oxygens (including phenoxy) is 4. The number of amides is 2. The summed E-state index contributed by atoms with van der Waals surface area (Å²) in [5.74, 6) is 0.268. The summed E-state index contributed by atoms with van der Waals surface area (Å²) in [6, 6.07) is 11.6. The van der Waals surface area contributed by atoms with E-state index in [4.69, 9.17) is 18.9 Å². The van der Waals surface area contributed by atoms with Crippen molar-refractivity contribution in [3.8, 4) is 17.2 Å². The van der Waals surface area contributed by atoms with Gasteiger partial charge in [-0.2, -0.15) is 5.10 Å². The lowest BCUT2D eigenvalue weighted by Gasteiger charge is -2.13. The van der Waals surface area contributed by atoms with Crippen LogP contribution < -0.4 is 25.0 Å². The van der Waals surface area contributed by atoms with Crippen LogP contribution in [0.25, 0.3) is 0 Å². The highest BCUT2D eigenvalue weighted by atomic mass is 32.1. The third-order valence-corrected chi connectivity index (χ3v) is 6.89. The highest BCUT2D eigenvalue weighted by Gasteiger charge is 2.22. The SMILES string of the molecule is CCOC(=O)c1c(NC(=O)c2ccc(O[C@H](C)C(=O)N/N=C\c3ccc(OCC)c(OC)c3)cc2)sc(C)c1C. The minimum atomic E-state index is -0.851. The van der Waals surface area contributed by atoms with Gasteiger partial charge in [-0.05, 0) is 88.2 Å². The number of thiophene rings is 1. The molecule has 0 saturated carbocycles. The van der Waals surface area contributed by atoms with Crippen LogP contribution in [0.4, 0.5) is 5.00 Å². The predicted molar refractivity (Wildman–Crippen MR) is 154 cm³/mol. The van der Waals surface area contributed by atoms with Crippen molar-refractivity contribution in [3.63, 3.8) is 0 Å². The topological polar surface area (TPSA) is 125 Å². The van der Waals surface area contributed by atoms with Crippen molar-refractivity contribution in [2.45, 2.75) is 40.7 Å². The number of nitrogens with one attached hydrogen (secondary N) is 2. The summed E-state index contributed by atoms with van der Waals surface area (Å²) >= 11 is 1.32. The number of aryl methyl sites for hydroxylation is 1. The number of anilines is 1. The summed E-state index contributed by atoms with van der Waals surface area (Å²) in [7, 11) is 1.55. The van der Waals surface area contributed by atoms with E-state index >= 15 is 0 Å². The first-order chi connectivity index (χ1) is 19.2. The van der Waals surface area contributed by atoms with Gasteiger partial charge in [0.1, 0.15) is 10.8 Å². The van der Waals surface area contributed by atoms with Crippen molar-refractivity contribution in [2.24, 2.45) is 5.10 Å². The Balaban J connectivity index is 1.57. The van der Waals surface area contributed by atoms with Gasteiger partial charge >= 0.3 is 5.97 Å². The molecule has 1 heterocycles. The molecule has 11 heteroatoms. The largest absolute Gasteiger partial charge is 0.493 e. The van der Waals surface area contributed by atoms with Crippen LogP contribution >= 0.6 is 11.3 Å². The lowest BCUT2D eigenvalue weighted by atomic mass is 10.1. The molecule has 0 fully saturated rings. The van der Waals surface area contributed by atoms with Gasteiger partial charge in [-0.15, -0.1) is 11.3 Å². The van der Waals surface area contributed by atoms with Crippen LogP contribution in [0.1, 0.15) is 57.5 Å². The second-order valence-corrected chi connectivity index (χ2v) is 9.75. The van der Waals surface area contributed by atoms with Crippen molar-refractivity contribution in [1.82, 2.24) is 5.43 Å². The monoisotopic (exact) mass is 567 g/mol. The number of carbonyl (C=O) groups excluding carboxylic acids is 3. The highest BCUT2D eigenvalue weighted by molar-refractivity contribution is 7.16. The molecule has 1 atom stereocenters. The molecule has 1 aromatic heterocycles. The summed E-state index contributed by atoms with van der Waals surface area (Å²) in [6.07, 6.45) is 0.635. The molecule has 2 aromatic carbocycles. The van der Waals surface area contributed by atoms with Crippen molar-refractivity contribution >= 4 is 40.3 Å². The van der Waals surface area contributed by atoms with E-state index in [2.05, 4.69) is 15.8 Å². The van der Waals surface area contributed by atoms with Crippen LogP contribution in [0.2, 0.25) is 0 Å². The van der Waals surface area contributed by atoms with Crippen LogP contribution in [0.5, 0.6) is 17.2 Å². The number of esters is 1. The van der Waals surface area contributed by atoms with Gasteiger partial charge in [-0.25, -0.2) is 10.2 Å².